The van der Waals surface area contributed by atoms with Crippen LogP contribution in [-0.4, -0.2) is 19.9 Å². The number of rotatable bonds is 2. The van der Waals surface area contributed by atoms with Gasteiger partial charge >= 0.3 is 6.18 Å². The maximum atomic E-state index is 12.6. The van der Waals surface area contributed by atoms with Gasteiger partial charge in [-0.3, -0.25) is 4.68 Å². The summed E-state index contributed by atoms with van der Waals surface area (Å²) in [6, 6.07) is 9.87. The Morgan fingerprint density at radius 3 is 2.48 bits per heavy atom. The highest BCUT2D eigenvalue weighted by Crippen LogP contribution is 2.31. The van der Waals surface area contributed by atoms with Gasteiger partial charge in [-0.2, -0.15) is 23.3 Å². The first-order valence-electron chi connectivity index (χ1n) is 5.96. The molecule has 5 nitrogen and oxygen atoms in total. The summed E-state index contributed by atoms with van der Waals surface area (Å²) in [5.41, 5.74) is -0.179. The predicted molar refractivity (Wildman–Crippen MR) is 66.9 cm³/mol. The van der Waals surface area contributed by atoms with Crippen molar-refractivity contribution in [2.24, 2.45) is 7.05 Å². The molecule has 0 spiro atoms. The van der Waals surface area contributed by atoms with Crippen LogP contribution in [0.3, 0.4) is 0 Å². The molecule has 2 aromatic heterocycles. The Labute approximate surface area is 117 Å². The van der Waals surface area contributed by atoms with Crippen molar-refractivity contribution < 1.29 is 17.7 Å². The van der Waals surface area contributed by atoms with E-state index in [2.05, 4.69) is 15.2 Å². The van der Waals surface area contributed by atoms with E-state index in [1.165, 1.54) is 7.05 Å². The van der Waals surface area contributed by atoms with Gasteiger partial charge in [-0.15, -0.1) is 0 Å². The third-order valence-electron chi connectivity index (χ3n) is 2.85. The van der Waals surface area contributed by atoms with Crippen molar-refractivity contribution in [3.8, 4) is 23.0 Å². The Hall–Kier alpha value is -2.64. The van der Waals surface area contributed by atoms with Gasteiger partial charge in [-0.25, -0.2) is 0 Å². The monoisotopic (exact) mass is 294 g/mol. The van der Waals surface area contributed by atoms with Crippen LogP contribution in [0, 0.1) is 0 Å². The lowest BCUT2D eigenvalue weighted by Crippen LogP contribution is -2.06. The van der Waals surface area contributed by atoms with Crippen LogP contribution in [0.5, 0.6) is 0 Å². The summed E-state index contributed by atoms with van der Waals surface area (Å²) in [6.45, 7) is 0. The molecular formula is C13H9F3N4O. The van der Waals surface area contributed by atoms with Crippen molar-refractivity contribution in [2.45, 2.75) is 6.18 Å². The minimum Gasteiger partial charge on any atom is -0.332 e. The van der Waals surface area contributed by atoms with Crippen molar-refractivity contribution in [3.05, 3.63) is 42.1 Å². The number of nitrogens with zero attached hydrogens (tertiary/aromatic N) is 4. The van der Waals surface area contributed by atoms with Crippen molar-refractivity contribution in [3.63, 3.8) is 0 Å². The van der Waals surface area contributed by atoms with Gasteiger partial charge in [0.1, 0.15) is 5.69 Å². The maximum absolute atomic E-state index is 12.6. The van der Waals surface area contributed by atoms with E-state index in [0.29, 0.717) is 11.4 Å². The standard InChI is InChI=1S/C13H9F3N4O/c1-20-9(7-10(18-20)13(14,15)16)12-17-11(19-21-12)8-5-3-2-4-6-8/h2-7H,1H3. The number of benzene rings is 1. The first-order chi connectivity index (χ1) is 9.95. The Morgan fingerprint density at radius 1 is 1.14 bits per heavy atom. The second kappa shape index (κ2) is 4.72. The van der Waals surface area contributed by atoms with E-state index in [9.17, 15) is 13.2 Å². The summed E-state index contributed by atoms with van der Waals surface area (Å²) < 4.78 is 44.0. The van der Waals surface area contributed by atoms with Crippen LogP contribution >= 0.6 is 0 Å². The highest BCUT2D eigenvalue weighted by Gasteiger charge is 2.35. The summed E-state index contributed by atoms with van der Waals surface area (Å²) in [4.78, 5) is 4.10. The van der Waals surface area contributed by atoms with Crippen molar-refractivity contribution in [2.75, 3.05) is 0 Å². The summed E-state index contributed by atoms with van der Waals surface area (Å²) in [7, 11) is 1.39. The van der Waals surface area contributed by atoms with E-state index in [1.54, 1.807) is 24.3 Å². The molecule has 0 aliphatic rings. The van der Waals surface area contributed by atoms with Crippen LogP contribution in [-0.2, 0) is 13.2 Å². The lowest BCUT2D eigenvalue weighted by atomic mass is 10.2. The third kappa shape index (κ3) is 2.51. The second-order valence-electron chi connectivity index (χ2n) is 4.33. The van der Waals surface area contributed by atoms with Crippen molar-refractivity contribution in [1.29, 1.82) is 0 Å². The van der Waals surface area contributed by atoms with E-state index in [1.807, 2.05) is 6.07 Å². The Balaban J connectivity index is 1.99. The number of alkyl halides is 3. The molecule has 3 rings (SSSR count). The fourth-order valence-corrected chi connectivity index (χ4v) is 1.84. The maximum Gasteiger partial charge on any atom is 0.435 e. The molecule has 0 saturated carbocycles. The van der Waals surface area contributed by atoms with Gasteiger partial charge in [0.2, 0.25) is 5.82 Å². The molecule has 0 aliphatic heterocycles. The molecule has 0 amide bonds. The molecule has 0 saturated heterocycles. The van der Waals surface area contributed by atoms with Crippen LogP contribution in [0.1, 0.15) is 5.69 Å². The summed E-state index contributed by atoms with van der Waals surface area (Å²) in [5, 5.41) is 7.17. The fourth-order valence-electron chi connectivity index (χ4n) is 1.84. The van der Waals surface area contributed by atoms with E-state index in [-0.39, 0.29) is 11.6 Å². The second-order valence-corrected chi connectivity index (χ2v) is 4.33. The molecule has 8 heteroatoms. The normalized spacial score (nSPS) is 11.8. The molecular weight excluding hydrogens is 285 g/mol. The third-order valence-corrected chi connectivity index (χ3v) is 2.85. The minimum atomic E-state index is -4.52. The van der Waals surface area contributed by atoms with Gasteiger partial charge in [0.05, 0.1) is 0 Å². The lowest BCUT2D eigenvalue weighted by molar-refractivity contribution is -0.141. The number of aryl methyl sites for hydroxylation is 1. The summed E-state index contributed by atoms with van der Waals surface area (Å²) in [6.07, 6.45) is -4.52. The number of halogens is 3. The van der Waals surface area contributed by atoms with Gasteiger partial charge in [0.25, 0.3) is 5.89 Å². The average Bonchev–Trinajstić information content (AvgIpc) is 3.05. The molecule has 0 atom stereocenters. The number of hydrogen-bond donors (Lipinski definition) is 0. The summed E-state index contributed by atoms with van der Waals surface area (Å²) in [5.74, 6) is 0.291. The molecule has 1 aromatic carbocycles. The molecule has 0 bridgehead atoms. The molecule has 0 fully saturated rings. The quantitative estimate of drug-likeness (QED) is 0.728. The fraction of sp³-hybridized carbons (Fsp3) is 0.154. The average molecular weight is 294 g/mol. The summed E-state index contributed by atoms with van der Waals surface area (Å²) >= 11 is 0. The molecule has 108 valence electrons. The number of hydrogen-bond acceptors (Lipinski definition) is 4. The smallest absolute Gasteiger partial charge is 0.332 e. The Kier molecular flexibility index (Phi) is 3.00. The van der Waals surface area contributed by atoms with Gasteiger partial charge in [-0.05, 0) is 0 Å². The Bertz CT molecular complexity index is 761. The molecule has 3 aromatic rings. The molecule has 0 radical (unpaired) electrons. The van der Waals surface area contributed by atoms with Crippen LogP contribution < -0.4 is 0 Å². The largest absolute Gasteiger partial charge is 0.435 e. The van der Waals surface area contributed by atoms with E-state index in [4.69, 9.17) is 4.52 Å². The van der Waals surface area contributed by atoms with Gasteiger partial charge in [0, 0.05) is 18.7 Å². The molecule has 0 N–H and O–H groups in total. The van der Waals surface area contributed by atoms with Gasteiger partial charge in [0.15, 0.2) is 5.69 Å². The zero-order valence-electron chi connectivity index (χ0n) is 10.8. The zero-order chi connectivity index (χ0) is 15.0. The van der Waals surface area contributed by atoms with Crippen molar-refractivity contribution in [1.82, 2.24) is 19.9 Å². The number of aromatic nitrogens is 4. The highest BCUT2D eigenvalue weighted by atomic mass is 19.4. The zero-order valence-corrected chi connectivity index (χ0v) is 10.8. The molecule has 0 aliphatic carbocycles. The molecule has 2 heterocycles. The van der Waals surface area contributed by atoms with Gasteiger partial charge in [-0.1, -0.05) is 35.5 Å². The predicted octanol–water partition coefficient (Wildman–Crippen LogP) is 3.16. The highest BCUT2D eigenvalue weighted by molar-refractivity contribution is 5.58. The molecule has 21 heavy (non-hydrogen) atoms. The van der Waals surface area contributed by atoms with Crippen molar-refractivity contribution >= 4 is 0 Å². The van der Waals surface area contributed by atoms with Crippen LogP contribution in [0.15, 0.2) is 40.9 Å². The van der Waals surface area contributed by atoms with Crippen LogP contribution in [0.2, 0.25) is 0 Å². The minimum absolute atomic E-state index is 0.0145. The van der Waals surface area contributed by atoms with Crippen LogP contribution in [0.4, 0.5) is 13.2 Å². The van der Waals surface area contributed by atoms with E-state index in [0.717, 1.165) is 10.7 Å². The first-order valence-corrected chi connectivity index (χ1v) is 5.96. The SMILES string of the molecule is Cn1nc(C(F)(F)F)cc1-c1nc(-c2ccccc2)no1. The van der Waals surface area contributed by atoms with Gasteiger partial charge < -0.3 is 4.52 Å². The lowest BCUT2D eigenvalue weighted by Gasteiger charge is -1.98. The van der Waals surface area contributed by atoms with E-state index < -0.39 is 11.9 Å². The molecule has 0 unspecified atom stereocenters. The first kappa shape index (κ1) is 13.3. The van der Waals surface area contributed by atoms with Crippen LogP contribution in [0.25, 0.3) is 23.0 Å². The van der Waals surface area contributed by atoms with E-state index >= 15 is 0 Å². The topological polar surface area (TPSA) is 56.7 Å². The Morgan fingerprint density at radius 2 is 1.86 bits per heavy atom.